The molecule has 4 rings (SSSR count). The van der Waals surface area contributed by atoms with E-state index in [1.54, 1.807) is 19.2 Å². The molecule has 3 aromatic rings. The van der Waals surface area contributed by atoms with Gasteiger partial charge in [0.15, 0.2) is 5.69 Å². The highest BCUT2D eigenvalue weighted by atomic mass is 32.1. The number of carbonyl (C=O) groups is 2. The van der Waals surface area contributed by atoms with Gasteiger partial charge in [-0.25, -0.2) is 0 Å². The van der Waals surface area contributed by atoms with Gasteiger partial charge in [-0.05, 0) is 23.9 Å². The highest BCUT2D eigenvalue weighted by molar-refractivity contribution is 7.12. The molecule has 0 saturated carbocycles. The van der Waals surface area contributed by atoms with E-state index >= 15 is 0 Å². The molecule has 1 aromatic carbocycles. The molecule has 0 radical (unpaired) electrons. The van der Waals surface area contributed by atoms with Crippen molar-refractivity contribution in [2.45, 2.75) is 13.5 Å². The largest absolute Gasteiger partial charge is 0.335 e. The Labute approximate surface area is 179 Å². The molecule has 1 aliphatic rings. The second-order valence-corrected chi connectivity index (χ2v) is 8.47. The molecule has 0 aliphatic carbocycles. The lowest BCUT2D eigenvalue weighted by molar-refractivity contribution is 0.0622. The Hall–Kier alpha value is -2.97. The molecule has 1 aliphatic heterocycles. The number of aromatic nitrogens is 2. The van der Waals surface area contributed by atoms with Crippen molar-refractivity contribution in [2.24, 2.45) is 7.05 Å². The molecule has 1 N–H and O–H groups in total. The average molecular weight is 424 g/mol. The smallest absolute Gasteiger partial charge is 0.274 e. The lowest BCUT2D eigenvalue weighted by atomic mass is 10.1. The van der Waals surface area contributed by atoms with Gasteiger partial charge >= 0.3 is 0 Å². The number of benzene rings is 1. The maximum Gasteiger partial charge on any atom is 0.274 e. The van der Waals surface area contributed by atoms with E-state index in [9.17, 15) is 9.59 Å². The van der Waals surface area contributed by atoms with E-state index in [0.717, 1.165) is 19.6 Å². The zero-order chi connectivity index (χ0) is 21.1. The van der Waals surface area contributed by atoms with Crippen molar-refractivity contribution < 1.29 is 9.59 Å². The minimum atomic E-state index is -0.197. The number of amides is 2. The second-order valence-electron chi connectivity index (χ2n) is 7.53. The summed E-state index contributed by atoms with van der Waals surface area (Å²) in [5.41, 5.74) is 2.91. The molecule has 0 spiro atoms. The second kappa shape index (κ2) is 8.81. The Bertz CT molecular complexity index is 1040. The average Bonchev–Trinajstić information content (AvgIpc) is 3.39. The molecular formula is C22H25N5O2S. The molecule has 2 aromatic heterocycles. The molecule has 0 atom stereocenters. The van der Waals surface area contributed by atoms with Gasteiger partial charge in [0.2, 0.25) is 0 Å². The number of aryl methyl sites for hydroxylation is 2. The number of anilines is 1. The van der Waals surface area contributed by atoms with E-state index in [-0.39, 0.29) is 11.8 Å². The van der Waals surface area contributed by atoms with Gasteiger partial charge in [-0.2, -0.15) is 5.10 Å². The van der Waals surface area contributed by atoms with Crippen LogP contribution in [-0.4, -0.2) is 57.6 Å². The molecule has 30 heavy (non-hydrogen) atoms. The van der Waals surface area contributed by atoms with Gasteiger partial charge in [0.25, 0.3) is 11.8 Å². The van der Waals surface area contributed by atoms with Crippen LogP contribution in [0.25, 0.3) is 0 Å². The maximum absolute atomic E-state index is 12.9. The van der Waals surface area contributed by atoms with Crippen LogP contribution in [0.1, 0.15) is 31.3 Å². The number of nitrogens with one attached hydrogen (secondary N) is 1. The van der Waals surface area contributed by atoms with Crippen LogP contribution in [0, 0.1) is 6.92 Å². The lowest BCUT2D eigenvalue weighted by Gasteiger charge is -2.34. The first-order valence-corrected chi connectivity index (χ1v) is 10.8. The van der Waals surface area contributed by atoms with Crippen molar-refractivity contribution in [3.63, 3.8) is 0 Å². The zero-order valence-corrected chi connectivity index (χ0v) is 18.0. The Morgan fingerprint density at radius 2 is 1.90 bits per heavy atom. The quantitative estimate of drug-likeness (QED) is 0.685. The summed E-state index contributed by atoms with van der Waals surface area (Å²) in [6.07, 6.45) is 0. The summed E-state index contributed by atoms with van der Waals surface area (Å²) in [6.45, 7) is 5.98. The van der Waals surface area contributed by atoms with E-state index in [4.69, 9.17) is 0 Å². The lowest BCUT2D eigenvalue weighted by Crippen LogP contribution is -2.48. The standard InChI is InChI=1S/C22H25N5O2S/c1-16-5-3-6-17(13-16)15-26-8-10-27(11-9-26)22(29)18-14-20(25(2)24-18)23-21(28)19-7-4-12-30-19/h3-7,12-14H,8-11,15H2,1-2H3,(H,23,28). The summed E-state index contributed by atoms with van der Waals surface area (Å²) in [5, 5.41) is 8.99. The van der Waals surface area contributed by atoms with E-state index in [1.807, 2.05) is 16.3 Å². The SMILES string of the molecule is Cc1cccc(CN2CCN(C(=O)c3cc(NC(=O)c4cccs4)n(C)n3)CC2)c1. The molecule has 8 heteroatoms. The Morgan fingerprint density at radius 1 is 1.10 bits per heavy atom. The van der Waals surface area contributed by atoms with Crippen molar-refractivity contribution in [1.82, 2.24) is 19.6 Å². The molecule has 3 heterocycles. The highest BCUT2D eigenvalue weighted by Crippen LogP contribution is 2.17. The molecule has 0 unspecified atom stereocenters. The topological polar surface area (TPSA) is 70.5 Å². The van der Waals surface area contributed by atoms with E-state index in [0.29, 0.717) is 29.5 Å². The van der Waals surface area contributed by atoms with Gasteiger partial charge in [0.1, 0.15) is 5.82 Å². The fraction of sp³-hybridized carbons (Fsp3) is 0.318. The monoisotopic (exact) mass is 423 g/mol. The molecule has 1 saturated heterocycles. The van der Waals surface area contributed by atoms with Crippen molar-refractivity contribution >= 4 is 29.0 Å². The molecule has 156 valence electrons. The molecule has 7 nitrogen and oxygen atoms in total. The number of nitrogens with zero attached hydrogens (tertiary/aromatic N) is 4. The molecule has 2 amide bonds. The predicted octanol–water partition coefficient (Wildman–Crippen LogP) is 3.00. The molecule has 0 bridgehead atoms. The van der Waals surface area contributed by atoms with Crippen LogP contribution in [-0.2, 0) is 13.6 Å². The number of piperazine rings is 1. The van der Waals surface area contributed by atoms with Crippen LogP contribution in [0.2, 0.25) is 0 Å². The minimum Gasteiger partial charge on any atom is -0.335 e. The number of hydrogen-bond acceptors (Lipinski definition) is 5. The first-order valence-electron chi connectivity index (χ1n) is 9.95. The van der Waals surface area contributed by atoms with Crippen LogP contribution in [0.4, 0.5) is 5.82 Å². The predicted molar refractivity (Wildman–Crippen MR) is 118 cm³/mol. The van der Waals surface area contributed by atoms with Crippen molar-refractivity contribution in [2.75, 3.05) is 31.5 Å². The fourth-order valence-corrected chi connectivity index (χ4v) is 4.23. The van der Waals surface area contributed by atoms with Gasteiger partial charge in [-0.1, -0.05) is 35.9 Å². The third-order valence-corrected chi connectivity index (χ3v) is 6.10. The number of rotatable bonds is 5. The maximum atomic E-state index is 12.9. The third-order valence-electron chi connectivity index (χ3n) is 5.23. The zero-order valence-electron chi connectivity index (χ0n) is 17.2. The van der Waals surface area contributed by atoms with Crippen LogP contribution < -0.4 is 5.32 Å². The van der Waals surface area contributed by atoms with Gasteiger partial charge < -0.3 is 10.2 Å². The summed E-state index contributed by atoms with van der Waals surface area (Å²) in [6, 6.07) is 13.8. The Morgan fingerprint density at radius 3 is 2.60 bits per heavy atom. The highest BCUT2D eigenvalue weighted by Gasteiger charge is 2.25. The van der Waals surface area contributed by atoms with E-state index in [1.165, 1.54) is 27.1 Å². The van der Waals surface area contributed by atoms with Gasteiger partial charge in [0.05, 0.1) is 4.88 Å². The van der Waals surface area contributed by atoms with Gasteiger partial charge in [-0.15, -0.1) is 11.3 Å². The van der Waals surface area contributed by atoms with Gasteiger partial charge in [0, 0.05) is 45.8 Å². The summed E-state index contributed by atoms with van der Waals surface area (Å²) >= 11 is 1.37. The van der Waals surface area contributed by atoms with E-state index in [2.05, 4.69) is 46.5 Å². The fourth-order valence-electron chi connectivity index (χ4n) is 3.61. The van der Waals surface area contributed by atoms with Gasteiger partial charge in [-0.3, -0.25) is 19.2 Å². The molecular weight excluding hydrogens is 398 g/mol. The Kier molecular flexibility index (Phi) is 5.96. The Balaban J connectivity index is 1.34. The summed E-state index contributed by atoms with van der Waals surface area (Å²) in [5.74, 6) is 0.212. The number of hydrogen-bond donors (Lipinski definition) is 1. The normalized spacial score (nSPS) is 14.7. The van der Waals surface area contributed by atoms with Crippen molar-refractivity contribution in [3.05, 3.63) is 69.5 Å². The third kappa shape index (κ3) is 4.60. The van der Waals surface area contributed by atoms with E-state index < -0.39 is 0 Å². The summed E-state index contributed by atoms with van der Waals surface area (Å²) < 4.78 is 1.53. The van der Waals surface area contributed by atoms with Crippen LogP contribution in [0.15, 0.2) is 47.8 Å². The first-order chi connectivity index (χ1) is 14.5. The first kappa shape index (κ1) is 20.3. The number of thiophene rings is 1. The van der Waals surface area contributed by atoms with Crippen LogP contribution in [0.5, 0.6) is 0 Å². The molecule has 1 fully saturated rings. The van der Waals surface area contributed by atoms with Crippen molar-refractivity contribution in [3.8, 4) is 0 Å². The minimum absolute atomic E-state index is 0.0996. The van der Waals surface area contributed by atoms with Crippen LogP contribution in [0.3, 0.4) is 0 Å². The number of carbonyl (C=O) groups excluding carboxylic acids is 2. The van der Waals surface area contributed by atoms with Crippen LogP contribution >= 0.6 is 11.3 Å². The summed E-state index contributed by atoms with van der Waals surface area (Å²) in [4.78, 5) is 30.0. The van der Waals surface area contributed by atoms with Crippen molar-refractivity contribution in [1.29, 1.82) is 0 Å². The summed E-state index contributed by atoms with van der Waals surface area (Å²) in [7, 11) is 1.72.